The first-order chi connectivity index (χ1) is 16.0. The molecule has 0 unspecified atom stereocenters. The fourth-order valence-corrected chi connectivity index (χ4v) is 6.11. The highest BCUT2D eigenvalue weighted by atomic mass is 32.2. The van der Waals surface area contributed by atoms with Crippen molar-refractivity contribution in [2.75, 3.05) is 5.75 Å². The summed E-state index contributed by atoms with van der Waals surface area (Å²) in [5.41, 5.74) is 2.18. The standard InChI is InChI=1S/C29H42O4S/c1-20(17-18-34-22-11-9-8-10-12-22)13-15-23-21(2)14-16-24(30-23)29(7)26(32-28(5,6)33-29)19-25-27(3,4)31-25/h8-12,14,17,23-26H,13,15-16,18-19H2,1-7H3/b20-17+/t23-,24+,25-,26-,29+/m0/s1. The van der Waals surface area contributed by atoms with Crippen molar-refractivity contribution in [1.29, 1.82) is 0 Å². The summed E-state index contributed by atoms with van der Waals surface area (Å²) in [6.45, 7) is 14.9. The molecule has 5 atom stereocenters. The minimum atomic E-state index is -0.622. The molecule has 1 aromatic carbocycles. The third-order valence-corrected chi connectivity index (χ3v) is 8.42. The van der Waals surface area contributed by atoms with Crippen molar-refractivity contribution in [3.8, 4) is 0 Å². The molecule has 0 radical (unpaired) electrons. The summed E-state index contributed by atoms with van der Waals surface area (Å²) < 4.78 is 25.6. The van der Waals surface area contributed by atoms with Crippen LogP contribution in [0.1, 0.15) is 74.1 Å². The molecule has 188 valence electrons. The van der Waals surface area contributed by atoms with Crippen molar-refractivity contribution < 1.29 is 18.9 Å². The lowest BCUT2D eigenvalue weighted by molar-refractivity contribution is -0.194. The molecule has 0 bridgehead atoms. The monoisotopic (exact) mass is 486 g/mol. The largest absolute Gasteiger partial charge is 0.367 e. The summed E-state index contributed by atoms with van der Waals surface area (Å²) in [6, 6.07) is 10.6. The maximum Gasteiger partial charge on any atom is 0.164 e. The Kier molecular flexibility index (Phi) is 7.71. The molecular weight excluding hydrogens is 444 g/mol. The van der Waals surface area contributed by atoms with Crippen LogP contribution in [0.3, 0.4) is 0 Å². The van der Waals surface area contributed by atoms with Gasteiger partial charge in [-0.2, -0.15) is 0 Å². The Labute approximate surface area is 210 Å². The topological polar surface area (TPSA) is 40.2 Å². The predicted molar refractivity (Wildman–Crippen MR) is 139 cm³/mol. The van der Waals surface area contributed by atoms with Gasteiger partial charge in [0.15, 0.2) is 5.79 Å². The van der Waals surface area contributed by atoms with Crippen LogP contribution in [0, 0.1) is 0 Å². The minimum absolute atomic E-state index is 0.0345. The molecule has 5 heteroatoms. The van der Waals surface area contributed by atoms with Crippen LogP contribution in [-0.2, 0) is 18.9 Å². The smallest absolute Gasteiger partial charge is 0.164 e. The Hall–Kier alpha value is -1.11. The molecular formula is C29H42O4S. The van der Waals surface area contributed by atoms with Gasteiger partial charge < -0.3 is 18.9 Å². The summed E-state index contributed by atoms with van der Waals surface area (Å²) in [5.74, 6) is 0.377. The van der Waals surface area contributed by atoms with E-state index in [2.05, 4.69) is 77.1 Å². The first kappa shape index (κ1) is 26.0. The first-order valence-corrected chi connectivity index (χ1v) is 13.7. The quantitative estimate of drug-likeness (QED) is 0.212. The van der Waals surface area contributed by atoms with Crippen LogP contribution in [0.4, 0.5) is 0 Å². The van der Waals surface area contributed by atoms with E-state index < -0.39 is 11.4 Å². The SMILES string of the molecule is CC1=CC[C@H]([C@@]2(C)OC(C)(C)O[C@H]2C[C@@H]2OC2(C)C)O[C@H]1CC/C(C)=C/CSc1ccccc1. The van der Waals surface area contributed by atoms with E-state index >= 15 is 0 Å². The Morgan fingerprint density at radius 3 is 2.44 bits per heavy atom. The summed E-state index contributed by atoms with van der Waals surface area (Å²) in [6.07, 6.45) is 8.64. The van der Waals surface area contributed by atoms with Gasteiger partial charge >= 0.3 is 0 Å². The van der Waals surface area contributed by atoms with Crippen LogP contribution >= 0.6 is 11.8 Å². The zero-order chi connectivity index (χ0) is 24.6. The van der Waals surface area contributed by atoms with E-state index in [1.807, 2.05) is 25.6 Å². The average molecular weight is 487 g/mol. The van der Waals surface area contributed by atoms with Gasteiger partial charge in [-0.3, -0.25) is 0 Å². The third-order valence-electron chi connectivity index (χ3n) is 7.48. The number of allylic oxidation sites excluding steroid dienone is 1. The number of epoxide rings is 1. The normalized spacial score (nSPS) is 34.7. The van der Waals surface area contributed by atoms with Gasteiger partial charge in [-0.15, -0.1) is 11.8 Å². The molecule has 1 aromatic rings. The molecule has 34 heavy (non-hydrogen) atoms. The average Bonchev–Trinajstić information content (AvgIpc) is 3.29. The Bertz CT molecular complexity index is 906. The maximum atomic E-state index is 6.74. The Balaban J connectivity index is 1.35. The molecule has 2 fully saturated rings. The van der Waals surface area contributed by atoms with Crippen molar-refractivity contribution in [2.24, 2.45) is 0 Å². The Morgan fingerprint density at radius 1 is 1.06 bits per heavy atom. The summed E-state index contributed by atoms with van der Waals surface area (Å²) in [4.78, 5) is 1.31. The van der Waals surface area contributed by atoms with Gasteiger partial charge in [-0.1, -0.05) is 35.9 Å². The highest BCUT2D eigenvalue weighted by molar-refractivity contribution is 7.99. The number of thioether (sulfide) groups is 1. The van der Waals surface area contributed by atoms with Crippen LogP contribution in [0.2, 0.25) is 0 Å². The van der Waals surface area contributed by atoms with E-state index in [9.17, 15) is 0 Å². The lowest BCUT2D eigenvalue weighted by Gasteiger charge is -2.41. The number of rotatable bonds is 9. The second-order valence-electron chi connectivity index (χ2n) is 11.2. The summed E-state index contributed by atoms with van der Waals surface area (Å²) in [5, 5.41) is 0. The van der Waals surface area contributed by atoms with Crippen LogP contribution in [0.25, 0.3) is 0 Å². The van der Waals surface area contributed by atoms with Gasteiger partial charge in [0.25, 0.3) is 0 Å². The molecule has 3 aliphatic rings. The number of hydrogen-bond donors (Lipinski definition) is 0. The minimum Gasteiger partial charge on any atom is -0.367 e. The number of hydrogen-bond acceptors (Lipinski definition) is 5. The molecule has 2 saturated heterocycles. The van der Waals surface area contributed by atoms with Crippen LogP contribution in [-0.4, -0.2) is 47.2 Å². The fraction of sp³-hybridized carbons (Fsp3) is 0.655. The molecule has 3 aliphatic heterocycles. The lowest BCUT2D eigenvalue weighted by Crippen LogP contribution is -2.52. The lowest BCUT2D eigenvalue weighted by atomic mass is 9.84. The van der Waals surface area contributed by atoms with Crippen molar-refractivity contribution in [1.82, 2.24) is 0 Å². The molecule has 0 aliphatic carbocycles. The van der Waals surface area contributed by atoms with Crippen LogP contribution in [0.5, 0.6) is 0 Å². The zero-order valence-electron chi connectivity index (χ0n) is 21.9. The van der Waals surface area contributed by atoms with Crippen LogP contribution < -0.4 is 0 Å². The van der Waals surface area contributed by atoms with E-state index in [-0.39, 0.29) is 30.0 Å². The van der Waals surface area contributed by atoms with Gasteiger partial charge in [0.05, 0.1) is 30.0 Å². The van der Waals surface area contributed by atoms with Crippen molar-refractivity contribution >= 4 is 11.8 Å². The van der Waals surface area contributed by atoms with E-state index in [4.69, 9.17) is 18.9 Å². The van der Waals surface area contributed by atoms with Gasteiger partial charge in [0.1, 0.15) is 5.60 Å². The van der Waals surface area contributed by atoms with Gasteiger partial charge in [0, 0.05) is 17.1 Å². The molecule has 0 amide bonds. The van der Waals surface area contributed by atoms with Crippen LogP contribution in [0.15, 0.2) is 58.5 Å². The highest BCUT2D eigenvalue weighted by Crippen LogP contribution is 2.48. The van der Waals surface area contributed by atoms with Gasteiger partial charge in [-0.05, 0) is 85.4 Å². The van der Waals surface area contributed by atoms with E-state index in [1.165, 1.54) is 16.0 Å². The molecule has 3 heterocycles. The van der Waals surface area contributed by atoms with E-state index in [0.29, 0.717) is 0 Å². The van der Waals surface area contributed by atoms with Crippen molar-refractivity contribution in [2.45, 2.75) is 120 Å². The molecule has 0 aromatic heterocycles. The molecule has 0 saturated carbocycles. The number of benzene rings is 1. The fourth-order valence-electron chi connectivity index (χ4n) is 5.20. The highest BCUT2D eigenvalue weighted by Gasteiger charge is 2.59. The van der Waals surface area contributed by atoms with E-state index in [1.54, 1.807) is 0 Å². The summed E-state index contributed by atoms with van der Waals surface area (Å²) in [7, 11) is 0. The summed E-state index contributed by atoms with van der Waals surface area (Å²) >= 11 is 1.88. The molecule has 0 spiro atoms. The molecule has 0 N–H and O–H groups in total. The number of ether oxygens (including phenoxy) is 4. The first-order valence-electron chi connectivity index (χ1n) is 12.7. The molecule has 4 rings (SSSR count). The predicted octanol–water partition coefficient (Wildman–Crippen LogP) is 7.09. The zero-order valence-corrected chi connectivity index (χ0v) is 22.7. The van der Waals surface area contributed by atoms with Gasteiger partial charge in [-0.25, -0.2) is 0 Å². The molecule has 4 nitrogen and oxygen atoms in total. The Morgan fingerprint density at radius 2 is 1.76 bits per heavy atom. The second kappa shape index (κ2) is 10.1. The second-order valence-corrected chi connectivity index (χ2v) is 12.3. The van der Waals surface area contributed by atoms with E-state index in [0.717, 1.165) is 31.4 Å². The maximum absolute atomic E-state index is 6.74. The van der Waals surface area contributed by atoms with Crippen molar-refractivity contribution in [3.63, 3.8) is 0 Å². The third kappa shape index (κ3) is 6.17. The van der Waals surface area contributed by atoms with Crippen molar-refractivity contribution in [3.05, 3.63) is 53.6 Å². The van der Waals surface area contributed by atoms with Gasteiger partial charge in [0.2, 0.25) is 0 Å².